The summed E-state index contributed by atoms with van der Waals surface area (Å²) in [5.41, 5.74) is 0.415. The zero-order valence-corrected chi connectivity index (χ0v) is 10.6. The number of carbonyl (C=O) groups is 1. The summed E-state index contributed by atoms with van der Waals surface area (Å²) in [5, 5.41) is 17.9. The van der Waals surface area contributed by atoms with Crippen LogP contribution in [0.15, 0.2) is 29.8 Å². The molecule has 0 aromatic carbocycles. The zero-order valence-electron chi connectivity index (χ0n) is 9.75. The average Bonchev–Trinajstić information content (AvgIpc) is 3.14. The number of H-pyrrole nitrogens is 2. The number of rotatable bonds is 4. The molecule has 0 radical (unpaired) electrons. The van der Waals surface area contributed by atoms with Gasteiger partial charge in [0, 0.05) is 6.20 Å². The molecule has 0 fully saturated rings. The van der Waals surface area contributed by atoms with Gasteiger partial charge in [0.05, 0.1) is 11.4 Å². The molecule has 8 heteroatoms. The Morgan fingerprint density at radius 1 is 1.37 bits per heavy atom. The van der Waals surface area contributed by atoms with Crippen molar-refractivity contribution in [2.24, 2.45) is 0 Å². The Morgan fingerprint density at radius 2 is 2.32 bits per heavy atom. The SMILES string of the molecule is O=C(NCc1nc(-c2cccs2)n[nH]1)c1ccn[nH]1. The fourth-order valence-corrected chi connectivity index (χ4v) is 2.19. The maximum absolute atomic E-state index is 11.7. The molecule has 0 saturated heterocycles. The van der Waals surface area contributed by atoms with Gasteiger partial charge in [0.15, 0.2) is 5.82 Å². The van der Waals surface area contributed by atoms with Gasteiger partial charge >= 0.3 is 0 Å². The van der Waals surface area contributed by atoms with Gasteiger partial charge in [0.25, 0.3) is 5.91 Å². The summed E-state index contributed by atoms with van der Waals surface area (Å²) in [6, 6.07) is 5.49. The lowest BCUT2D eigenvalue weighted by Crippen LogP contribution is -2.23. The molecule has 0 unspecified atom stereocenters. The van der Waals surface area contributed by atoms with Crippen molar-refractivity contribution in [3.8, 4) is 10.7 Å². The number of thiophene rings is 1. The minimum Gasteiger partial charge on any atom is -0.343 e. The average molecular weight is 274 g/mol. The van der Waals surface area contributed by atoms with E-state index in [0.717, 1.165) is 4.88 Å². The molecule has 0 aliphatic carbocycles. The monoisotopic (exact) mass is 274 g/mol. The first kappa shape index (κ1) is 11.6. The Morgan fingerprint density at radius 3 is 3.05 bits per heavy atom. The van der Waals surface area contributed by atoms with Crippen LogP contribution in [0.5, 0.6) is 0 Å². The van der Waals surface area contributed by atoms with Crippen LogP contribution in [0, 0.1) is 0 Å². The Kier molecular flexibility index (Phi) is 3.07. The largest absolute Gasteiger partial charge is 0.343 e. The molecule has 1 amide bonds. The predicted octanol–water partition coefficient (Wildman–Crippen LogP) is 1.19. The highest BCUT2D eigenvalue weighted by atomic mass is 32.1. The number of hydrogen-bond acceptors (Lipinski definition) is 5. The van der Waals surface area contributed by atoms with E-state index >= 15 is 0 Å². The van der Waals surface area contributed by atoms with Crippen molar-refractivity contribution < 1.29 is 4.79 Å². The molecule has 3 aromatic heterocycles. The highest BCUT2D eigenvalue weighted by Crippen LogP contribution is 2.20. The normalized spacial score (nSPS) is 10.5. The standard InChI is InChI=1S/C11H10N6OS/c18-11(7-3-4-13-15-7)12-6-9-14-10(17-16-9)8-2-1-5-19-8/h1-5H,6H2,(H,12,18)(H,13,15)(H,14,16,17). The van der Waals surface area contributed by atoms with Crippen LogP contribution in [0.1, 0.15) is 16.3 Å². The maximum atomic E-state index is 11.7. The molecule has 0 spiro atoms. The van der Waals surface area contributed by atoms with Crippen LogP contribution in [0.3, 0.4) is 0 Å². The van der Waals surface area contributed by atoms with Gasteiger partial charge in [-0.2, -0.15) is 10.2 Å². The second kappa shape index (κ2) is 5.02. The van der Waals surface area contributed by atoms with Gasteiger partial charge in [-0.25, -0.2) is 4.98 Å². The van der Waals surface area contributed by atoms with E-state index in [4.69, 9.17) is 0 Å². The molecule has 3 rings (SSSR count). The summed E-state index contributed by atoms with van der Waals surface area (Å²) >= 11 is 1.57. The van der Waals surface area contributed by atoms with Gasteiger partial charge in [-0.1, -0.05) is 6.07 Å². The summed E-state index contributed by atoms with van der Waals surface area (Å²) in [7, 11) is 0. The second-order valence-electron chi connectivity index (χ2n) is 3.74. The van der Waals surface area contributed by atoms with Gasteiger partial charge in [-0.15, -0.1) is 11.3 Å². The van der Waals surface area contributed by atoms with Crippen molar-refractivity contribution in [2.45, 2.75) is 6.54 Å². The highest BCUT2D eigenvalue weighted by Gasteiger charge is 2.09. The summed E-state index contributed by atoms with van der Waals surface area (Å²) in [4.78, 5) is 17.0. The summed E-state index contributed by atoms with van der Waals surface area (Å²) < 4.78 is 0. The zero-order chi connectivity index (χ0) is 13.1. The number of carbonyl (C=O) groups excluding carboxylic acids is 1. The molecule has 0 aliphatic heterocycles. The van der Waals surface area contributed by atoms with Gasteiger partial charge in [-0.05, 0) is 17.5 Å². The van der Waals surface area contributed by atoms with Crippen LogP contribution in [-0.4, -0.2) is 31.3 Å². The van der Waals surface area contributed by atoms with E-state index in [0.29, 0.717) is 17.3 Å². The summed E-state index contributed by atoms with van der Waals surface area (Å²) in [6.07, 6.45) is 1.53. The van der Waals surface area contributed by atoms with E-state index in [2.05, 4.69) is 30.7 Å². The lowest BCUT2D eigenvalue weighted by Gasteiger charge is -1.99. The third-order valence-electron chi connectivity index (χ3n) is 2.44. The molecule has 3 heterocycles. The molecule has 0 aliphatic rings. The van der Waals surface area contributed by atoms with E-state index in [9.17, 15) is 4.79 Å². The lowest BCUT2D eigenvalue weighted by molar-refractivity contribution is 0.0945. The van der Waals surface area contributed by atoms with E-state index in [-0.39, 0.29) is 12.5 Å². The van der Waals surface area contributed by atoms with Crippen LogP contribution in [-0.2, 0) is 6.54 Å². The third-order valence-corrected chi connectivity index (χ3v) is 3.30. The molecule has 0 saturated carbocycles. The van der Waals surface area contributed by atoms with Gasteiger partial charge < -0.3 is 5.32 Å². The molecule has 19 heavy (non-hydrogen) atoms. The molecule has 0 atom stereocenters. The summed E-state index contributed by atoms with van der Waals surface area (Å²) in [6.45, 7) is 0.288. The van der Waals surface area contributed by atoms with Crippen molar-refractivity contribution in [1.82, 2.24) is 30.7 Å². The molecule has 7 nitrogen and oxygen atoms in total. The number of aromatic amines is 2. The number of nitrogens with zero attached hydrogens (tertiary/aromatic N) is 3. The first-order valence-corrected chi connectivity index (χ1v) is 6.43. The first-order chi connectivity index (χ1) is 9.33. The molecule has 96 valence electrons. The highest BCUT2D eigenvalue weighted by molar-refractivity contribution is 7.13. The van der Waals surface area contributed by atoms with Crippen LogP contribution in [0.4, 0.5) is 0 Å². The van der Waals surface area contributed by atoms with Crippen molar-refractivity contribution in [1.29, 1.82) is 0 Å². The van der Waals surface area contributed by atoms with Gasteiger partial charge in [0.2, 0.25) is 0 Å². The quantitative estimate of drug-likeness (QED) is 0.665. The predicted molar refractivity (Wildman–Crippen MR) is 69.5 cm³/mol. The van der Waals surface area contributed by atoms with Crippen molar-refractivity contribution in [2.75, 3.05) is 0 Å². The Labute approximate surface area is 112 Å². The minimum absolute atomic E-state index is 0.230. The topological polar surface area (TPSA) is 99.3 Å². The Bertz CT molecular complexity index is 657. The lowest BCUT2D eigenvalue weighted by atomic mass is 10.4. The molecule has 3 aromatic rings. The van der Waals surface area contributed by atoms with E-state index in [1.165, 1.54) is 6.20 Å². The number of aromatic nitrogens is 5. The minimum atomic E-state index is -0.230. The summed E-state index contributed by atoms with van der Waals surface area (Å²) in [5.74, 6) is 1.02. The van der Waals surface area contributed by atoms with Crippen molar-refractivity contribution in [3.05, 3.63) is 41.3 Å². The van der Waals surface area contributed by atoms with Gasteiger partial charge in [-0.3, -0.25) is 15.0 Å². The number of hydrogen-bond donors (Lipinski definition) is 3. The first-order valence-electron chi connectivity index (χ1n) is 5.55. The Balaban J connectivity index is 1.63. The Hall–Kier alpha value is -2.48. The maximum Gasteiger partial charge on any atom is 0.269 e. The van der Waals surface area contributed by atoms with Crippen LogP contribution >= 0.6 is 11.3 Å². The molecule has 0 bridgehead atoms. The second-order valence-corrected chi connectivity index (χ2v) is 4.68. The molecule has 3 N–H and O–H groups in total. The van der Waals surface area contributed by atoms with Crippen LogP contribution in [0.2, 0.25) is 0 Å². The number of amides is 1. The fourth-order valence-electron chi connectivity index (χ4n) is 1.53. The van der Waals surface area contributed by atoms with Crippen LogP contribution in [0.25, 0.3) is 10.7 Å². The van der Waals surface area contributed by atoms with E-state index < -0.39 is 0 Å². The third kappa shape index (κ3) is 2.52. The van der Waals surface area contributed by atoms with E-state index in [1.807, 2.05) is 17.5 Å². The molecular formula is C11H10N6OS. The number of nitrogens with one attached hydrogen (secondary N) is 3. The van der Waals surface area contributed by atoms with Crippen LogP contribution < -0.4 is 5.32 Å². The van der Waals surface area contributed by atoms with Crippen molar-refractivity contribution >= 4 is 17.2 Å². The molecular weight excluding hydrogens is 264 g/mol. The fraction of sp³-hybridized carbons (Fsp3) is 0.0909. The van der Waals surface area contributed by atoms with Crippen molar-refractivity contribution in [3.63, 3.8) is 0 Å². The van der Waals surface area contributed by atoms with E-state index in [1.54, 1.807) is 17.4 Å². The smallest absolute Gasteiger partial charge is 0.269 e. The van der Waals surface area contributed by atoms with Gasteiger partial charge in [0.1, 0.15) is 11.5 Å².